The summed E-state index contributed by atoms with van der Waals surface area (Å²) in [7, 11) is 1.52. The molecule has 0 saturated carbocycles. The zero-order valence-electron chi connectivity index (χ0n) is 17.1. The van der Waals surface area contributed by atoms with Gasteiger partial charge in [0.25, 0.3) is 0 Å². The third-order valence-electron chi connectivity index (χ3n) is 4.59. The number of oxime groups is 1. The summed E-state index contributed by atoms with van der Waals surface area (Å²) in [4.78, 5) is 4.94. The van der Waals surface area contributed by atoms with Crippen LogP contribution in [0.15, 0.2) is 84.0 Å². The summed E-state index contributed by atoms with van der Waals surface area (Å²) in [5.74, 6) is 1.39. The van der Waals surface area contributed by atoms with Crippen LogP contribution in [0.2, 0.25) is 0 Å². The normalized spacial score (nSPS) is 12.0. The summed E-state index contributed by atoms with van der Waals surface area (Å²) in [6.45, 7) is 2.64. The van der Waals surface area contributed by atoms with Crippen molar-refractivity contribution in [2.75, 3.05) is 13.7 Å². The Morgan fingerprint density at radius 1 is 0.900 bits per heavy atom. The molecule has 0 bridgehead atoms. The lowest BCUT2D eigenvalue weighted by molar-refractivity contribution is 0.210. The Bertz CT molecular complexity index is 991. The average Bonchev–Trinajstić information content (AvgIpc) is 2.81. The summed E-state index contributed by atoms with van der Waals surface area (Å²) in [5, 5.41) is 13.0. The summed E-state index contributed by atoms with van der Waals surface area (Å²) in [6, 6.07) is 27.4. The van der Waals surface area contributed by atoms with Gasteiger partial charge in [0.1, 0.15) is 37.5 Å². The molecule has 0 aliphatic carbocycles. The molecule has 0 N–H and O–H groups in total. The predicted molar refractivity (Wildman–Crippen MR) is 117 cm³/mol. The molecule has 152 valence electrons. The molecule has 0 aromatic heterocycles. The van der Waals surface area contributed by atoms with Crippen LogP contribution in [0, 0.1) is 11.3 Å². The standard InChI is InChI=1S/C25H24N2O3/c1-19(16-26)21-10-14-24(15-11-21)29-17-20-8-12-23(13-9-20)30-18-25(27-28-2)22-6-4-3-5-7-22/h3-15,19H,17-18H2,1-2H3/b27-25+. The molecule has 0 amide bonds. The second kappa shape index (κ2) is 10.7. The van der Waals surface area contributed by atoms with Crippen LogP contribution < -0.4 is 9.47 Å². The van der Waals surface area contributed by atoms with Crippen molar-refractivity contribution in [3.05, 3.63) is 95.6 Å². The molecule has 3 aromatic rings. The topological polar surface area (TPSA) is 63.8 Å². The fourth-order valence-corrected chi connectivity index (χ4v) is 2.83. The van der Waals surface area contributed by atoms with E-state index in [0.29, 0.717) is 13.2 Å². The quantitative estimate of drug-likeness (QED) is 0.360. The van der Waals surface area contributed by atoms with Gasteiger partial charge in [0.05, 0.1) is 12.0 Å². The Labute approximate surface area is 177 Å². The minimum Gasteiger partial charge on any atom is -0.489 e. The van der Waals surface area contributed by atoms with Crippen molar-refractivity contribution in [1.82, 2.24) is 0 Å². The van der Waals surface area contributed by atoms with E-state index in [1.54, 1.807) is 0 Å². The first-order valence-electron chi connectivity index (χ1n) is 9.69. The SMILES string of the molecule is CO/N=C(\COc1ccc(COc2ccc(C(C)C#N)cc2)cc1)c1ccccc1. The molecule has 5 heteroatoms. The van der Waals surface area contributed by atoms with Gasteiger partial charge in [-0.25, -0.2) is 0 Å². The molecule has 3 aromatic carbocycles. The smallest absolute Gasteiger partial charge is 0.134 e. The molecule has 0 aliphatic rings. The van der Waals surface area contributed by atoms with E-state index >= 15 is 0 Å². The lowest BCUT2D eigenvalue weighted by Gasteiger charge is -2.10. The van der Waals surface area contributed by atoms with Gasteiger partial charge in [0, 0.05) is 5.56 Å². The number of nitriles is 1. The minimum absolute atomic E-state index is 0.122. The molecular formula is C25H24N2O3. The van der Waals surface area contributed by atoms with Crippen LogP contribution in [0.3, 0.4) is 0 Å². The van der Waals surface area contributed by atoms with E-state index in [9.17, 15) is 0 Å². The van der Waals surface area contributed by atoms with Crippen LogP contribution in [0.25, 0.3) is 0 Å². The lowest BCUT2D eigenvalue weighted by Crippen LogP contribution is -2.13. The van der Waals surface area contributed by atoms with Crippen molar-refractivity contribution in [1.29, 1.82) is 5.26 Å². The molecule has 0 fully saturated rings. The number of ether oxygens (including phenoxy) is 2. The maximum Gasteiger partial charge on any atom is 0.134 e. The van der Waals surface area contributed by atoms with Gasteiger partial charge in [0.15, 0.2) is 0 Å². The highest BCUT2D eigenvalue weighted by atomic mass is 16.6. The van der Waals surface area contributed by atoms with Gasteiger partial charge >= 0.3 is 0 Å². The van der Waals surface area contributed by atoms with Crippen molar-refractivity contribution in [3.63, 3.8) is 0 Å². The van der Waals surface area contributed by atoms with Crippen molar-refractivity contribution in [2.45, 2.75) is 19.4 Å². The fraction of sp³-hybridized carbons (Fsp3) is 0.200. The van der Waals surface area contributed by atoms with Gasteiger partial charge in [-0.15, -0.1) is 0 Å². The van der Waals surface area contributed by atoms with E-state index in [2.05, 4.69) is 11.2 Å². The molecule has 1 unspecified atom stereocenters. The number of benzene rings is 3. The second-order valence-electron chi connectivity index (χ2n) is 6.73. The number of hydrogen-bond donors (Lipinski definition) is 0. The minimum atomic E-state index is -0.122. The zero-order valence-corrected chi connectivity index (χ0v) is 17.1. The van der Waals surface area contributed by atoms with Crippen LogP contribution in [0.1, 0.15) is 29.5 Å². The molecule has 3 rings (SSSR count). The van der Waals surface area contributed by atoms with Gasteiger partial charge in [0.2, 0.25) is 0 Å². The number of hydrogen-bond acceptors (Lipinski definition) is 5. The highest BCUT2D eigenvalue weighted by molar-refractivity contribution is 6.01. The molecule has 30 heavy (non-hydrogen) atoms. The molecule has 0 aliphatic heterocycles. The third kappa shape index (κ3) is 5.86. The van der Waals surface area contributed by atoms with Crippen LogP contribution in [0.5, 0.6) is 11.5 Å². The van der Waals surface area contributed by atoms with Crippen LogP contribution in [-0.4, -0.2) is 19.4 Å². The highest BCUT2D eigenvalue weighted by Crippen LogP contribution is 2.20. The Balaban J connectivity index is 1.53. The largest absolute Gasteiger partial charge is 0.489 e. The van der Waals surface area contributed by atoms with Crippen LogP contribution >= 0.6 is 0 Å². The van der Waals surface area contributed by atoms with Gasteiger partial charge in [-0.3, -0.25) is 0 Å². The third-order valence-corrected chi connectivity index (χ3v) is 4.59. The molecule has 0 saturated heterocycles. The Morgan fingerprint density at radius 3 is 2.17 bits per heavy atom. The zero-order chi connectivity index (χ0) is 21.2. The average molecular weight is 400 g/mol. The first-order chi connectivity index (χ1) is 14.7. The van der Waals surface area contributed by atoms with E-state index in [0.717, 1.165) is 33.9 Å². The Hall–Kier alpha value is -3.78. The molecule has 0 spiro atoms. The fourth-order valence-electron chi connectivity index (χ4n) is 2.83. The monoisotopic (exact) mass is 400 g/mol. The van der Waals surface area contributed by atoms with Crippen molar-refractivity contribution < 1.29 is 14.3 Å². The van der Waals surface area contributed by atoms with E-state index in [4.69, 9.17) is 19.6 Å². The van der Waals surface area contributed by atoms with Gasteiger partial charge < -0.3 is 14.3 Å². The van der Waals surface area contributed by atoms with E-state index in [-0.39, 0.29) is 5.92 Å². The molecule has 5 nitrogen and oxygen atoms in total. The Morgan fingerprint density at radius 2 is 1.53 bits per heavy atom. The van der Waals surface area contributed by atoms with E-state index < -0.39 is 0 Å². The van der Waals surface area contributed by atoms with Gasteiger partial charge in [-0.2, -0.15) is 5.26 Å². The van der Waals surface area contributed by atoms with Crippen LogP contribution in [0.4, 0.5) is 0 Å². The molecule has 0 radical (unpaired) electrons. The summed E-state index contributed by atoms with van der Waals surface area (Å²) >= 11 is 0. The second-order valence-corrected chi connectivity index (χ2v) is 6.73. The molecule has 0 heterocycles. The van der Waals surface area contributed by atoms with Gasteiger partial charge in [-0.05, 0) is 42.3 Å². The van der Waals surface area contributed by atoms with Gasteiger partial charge in [-0.1, -0.05) is 59.8 Å². The first kappa shape index (κ1) is 20.9. The predicted octanol–water partition coefficient (Wildman–Crippen LogP) is 5.32. The number of nitrogens with zero attached hydrogens (tertiary/aromatic N) is 2. The highest BCUT2D eigenvalue weighted by Gasteiger charge is 2.07. The lowest BCUT2D eigenvalue weighted by atomic mass is 10.0. The van der Waals surface area contributed by atoms with Crippen molar-refractivity contribution in [3.8, 4) is 17.6 Å². The maximum absolute atomic E-state index is 8.98. The van der Waals surface area contributed by atoms with Crippen molar-refractivity contribution >= 4 is 5.71 Å². The summed E-state index contributed by atoms with van der Waals surface area (Å²) in [6.07, 6.45) is 0. The summed E-state index contributed by atoms with van der Waals surface area (Å²) < 4.78 is 11.7. The van der Waals surface area contributed by atoms with Crippen molar-refractivity contribution in [2.24, 2.45) is 5.16 Å². The Kier molecular flexibility index (Phi) is 7.45. The maximum atomic E-state index is 8.98. The van der Waals surface area contributed by atoms with E-state index in [1.807, 2.05) is 85.8 Å². The first-order valence-corrected chi connectivity index (χ1v) is 9.69. The van der Waals surface area contributed by atoms with E-state index in [1.165, 1.54) is 7.11 Å². The summed E-state index contributed by atoms with van der Waals surface area (Å²) in [5.41, 5.74) is 3.70. The molecule has 1 atom stereocenters. The molecular weight excluding hydrogens is 376 g/mol. The number of rotatable bonds is 9. The van der Waals surface area contributed by atoms with Crippen LogP contribution in [-0.2, 0) is 11.4 Å².